The molecule has 0 bridgehead atoms. The predicted molar refractivity (Wildman–Crippen MR) is 84.1 cm³/mol. The van der Waals surface area contributed by atoms with Crippen LogP contribution in [-0.4, -0.2) is 23.1 Å². The van der Waals surface area contributed by atoms with Gasteiger partial charge in [0.2, 0.25) is 0 Å². The van der Waals surface area contributed by atoms with Crippen LogP contribution in [0.4, 0.5) is 10.5 Å². The molecule has 1 rings (SSSR count). The Bertz CT molecular complexity index is 520. The molecule has 0 aliphatic carbocycles. The zero-order valence-electron chi connectivity index (χ0n) is 12.4. The molecule has 21 heavy (non-hydrogen) atoms. The second-order valence-electron chi connectivity index (χ2n) is 5.25. The van der Waals surface area contributed by atoms with Crippen LogP contribution in [0.25, 0.3) is 0 Å². The molecule has 2 unspecified atom stereocenters. The molecule has 6 heteroatoms. The van der Waals surface area contributed by atoms with Gasteiger partial charge in [0.15, 0.2) is 0 Å². The molecular formula is C15H21ClN2O3. The standard InChI is InChI=1S/C15H21ClN2O3/c1-4-9(2)7-10(3)17-15(21)18-13-6-5-11(14(19)20)8-12(13)16/h5-6,8-10H,4,7H2,1-3H3,(H,19,20)(H2,17,18,21). The van der Waals surface area contributed by atoms with Crippen LogP contribution < -0.4 is 10.6 Å². The van der Waals surface area contributed by atoms with Crippen molar-refractivity contribution in [1.29, 1.82) is 0 Å². The highest BCUT2D eigenvalue weighted by Crippen LogP contribution is 2.23. The first-order valence-corrected chi connectivity index (χ1v) is 7.31. The van der Waals surface area contributed by atoms with Crippen LogP contribution in [0, 0.1) is 5.92 Å². The summed E-state index contributed by atoms with van der Waals surface area (Å²) >= 11 is 5.96. The van der Waals surface area contributed by atoms with Gasteiger partial charge in [-0.15, -0.1) is 0 Å². The van der Waals surface area contributed by atoms with Gasteiger partial charge < -0.3 is 15.7 Å². The molecule has 2 atom stereocenters. The van der Waals surface area contributed by atoms with E-state index < -0.39 is 5.97 Å². The fourth-order valence-corrected chi connectivity index (χ4v) is 2.19. The van der Waals surface area contributed by atoms with E-state index in [1.54, 1.807) is 0 Å². The number of carboxylic acid groups (broad SMARTS) is 1. The molecule has 3 N–H and O–H groups in total. The van der Waals surface area contributed by atoms with Gasteiger partial charge in [-0.3, -0.25) is 0 Å². The Labute approximate surface area is 129 Å². The molecular weight excluding hydrogens is 292 g/mol. The normalized spacial score (nSPS) is 13.3. The maximum absolute atomic E-state index is 11.9. The number of rotatable bonds is 6. The smallest absolute Gasteiger partial charge is 0.335 e. The third-order valence-corrected chi connectivity index (χ3v) is 3.61. The highest BCUT2D eigenvalue weighted by molar-refractivity contribution is 6.34. The Morgan fingerprint density at radius 1 is 1.33 bits per heavy atom. The third kappa shape index (κ3) is 5.63. The van der Waals surface area contributed by atoms with E-state index in [2.05, 4.69) is 24.5 Å². The lowest BCUT2D eigenvalue weighted by Crippen LogP contribution is -2.37. The van der Waals surface area contributed by atoms with E-state index in [0.717, 1.165) is 12.8 Å². The molecule has 0 radical (unpaired) electrons. The number of benzene rings is 1. The number of carbonyl (C=O) groups excluding carboxylic acids is 1. The van der Waals surface area contributed by atoms with Gasteiger partial charge in [0, 0.05) is 6.04 Å². The Hall–Kier alpha value is -1.75. The minimum Gasteiger partial charge on any atom is -0.478 e. The summed E-state index contributed by atoms with van der Waals surface area (Å²) in [5.74, 6) is -0.520. The summed E-state index contributed by atoms with van der Waals surface area (Å²) in [6.45, 7) is 6.19. The summed E-state index contributed by atoms with van der Waals surface area (Å²) < 4.78 is 0. The molecule has 0 aliphatic rings. The first-order chi connectivity index (χ1) is 9.83. The number of anilines is 1. The molecule has 0 aromatic heterocycles. The van der Waals surface area contributed by atoms with Crippen molar-refractivity contribution in [3.05, 3.63) is 28.8 Å². The van der Waals surface area contributed by atoms with Gasteiger partial charge >= 0.3 is 12.0 Å². The third-order valence-electron chi connectivity index (χ3n) is 3.29. The number of carboxylic acids is 1. The SMILES string of the molecule is CCC(C)CC(C)NC(=O)Nc1ccc(C(=O)O)cc1Cl. The van der Waals surface area contributed by atoms with Gasteiger partial charge in [0.05, 0.1) is 16.3 Å². The lowest BCUT2D eigenvalue weighted by molar-refractivity contribution is 0.0697. The molecule has 1 aromatic rings. The molecule has 2 amide bonds. The summed E-state index contributed by atoms with van der Waals surface area (Å²) in [5.41, 5.74) is 0.464. The summed E-state index contributed by atoms with van der Waals surface area (Å²) in [5, 5.41) is 14.5. The molecule has 0 fully saturated rings. The number of hydrogen-bond donors (Lipinski definition) is 3. The van der Waals surface area contributed by atoms with Crippen LogP contribution >= 0.6 is 11.6 Å². The van der Waals surface area contributed by atoms with Crippen LogP contribution in [0.2, 0.25) is 5.02 Å². The first-order valence-electron chi connectivity index (χ1n) is 6.93. The maximum atomic E-state index is 11.9. The van der Waals surface area contributed by atoms with E-state index in [1.807, 2.05) is 6.92 Å². The van der Waals surface area contributed by atoms with Crippen LogP contribution in [0.15, 0.2) is 18.2 Å². The lowest BCUT2D eigenvalue weighted by Gasteiger charge is -2.18. The van der Waals surface area contributed by atoms with Gasteiger partial charge in [0.25, 0.3) is 0 Å². The van der Waals surface area contributed by atoms with Crippen molar-refractivity contribution in [2.75, 3.05) is 5.32 Å². The fraction of sp³-hybridized carbons (Fsp3) is 0.467. The zero-order chi connectivity index (χ0) is 16.0. The summed E-state index contributed by atoms with van der Waals surface area (Å²) in [6, 6.07) is 3.88. The van der Waals surface area contributed by atoms with E-state index in [1.165, 1.54) is 18.2 Å². The summed E-state index contributed by atoms with van der Waals surface area (Å²) in [6.07, 6.45) is 1.96. The number of hydrogen-bond acceptors (Lipinski definition) is 2. The van der Waals surface area contributed by atoms with Crippen molar-refractivity contribution in [2.45, 2.75) is 39.7 Å². The number of halogens is 1. The monoisotopic (exact) mass is 312 g/mol. The summed E-state index contributed by atoms with van der Waals surface area (Å²) in [4.78, 5) is 22.7. The van der Waals surface area contributed by atoms with Gasteiger partial charge in [-0.2, -0.15) is 0 Å². The van der Waals surface area contributed by atoms with E-state index in [0.29, 0.717) is 11.6 Å². The lowest BCUT2D eigenvalue weighted by atomic mass is 10.0. The van der Waals surface area contributed by atoms with E-state index in [-0.39, 0.29) is 22.7 Å². The molecule has 116 valence electrons. The van der Waals surface area contributed by atoms with E-state index >= 15 is 0 Å². The molecule has 0 saturated carbocycles. The van der Waals surface area contributed by atoms with Crippen molar-refractivity contribution < 1.29 is 14.7 Å². The predicted octanol–water partition coefficient (Wildman–Crippen LogP) is 3.98. The highest BCUT2D eigenvalue weighted by atomic mass is 35.5. The molecule has 0 saturated heterocycles. The maximum Gasteiger partial charge on any atom is 0.335 e. The number of carbonyl (C=O) groups is 2. The fourth-order valence-electron chi connectivity index (χ4n) is 1.96. The molecule has 0 heterocycles. The Morgan fingerprint density at radius 2 is 2.00 bits per heavy atom. The average molecular weight is 313 g/mol. The minimum atomic E-state index is -1.06. The van der Waals surface area contributed by atoms with Crippen LogP contribution in [0.1, 0.15) is 44.0 Å². The molecule has 5 nitrogen and oxygen atoms in total. The van der Waals surface area contributed by atoms with Crippen LogP contribution in [0.3, 0.4) is 0 Å². The average Bonchev–Trinajstić information content (AvgIpc) is 2.40. The number of nitrogens with one attached hydrogen (secondary N) is 2. The minimum absolute atomic E-state index is 0.0528. The van der Waals surface area contributed by atoms with Crippen molar-refractivity contribution in [1.82, 2.24) is 5.32 Å². The van der Waals surface area contributed by atoms with E-state index in [9.17, 15) is 9.59 Å². The van der Waals surface area contributed by atoms with Crippen LogP contribution in [0.5, 0.6) is 0 Å². The second-order valence-corrected chi connectivity index (χ2v) is 5.66. The number of amides is 2. The quantitative estimate of drug-likeness (QED) is 0.743. The Morgan fingerprint density at radius 3 is 2.52 bits per heavy atom. The van der Waals surface area contributed by atoms with Gasteiger partial charge in [-0.05, 0) is 37.5 Å². The van der Waals surface area contributed by atoms with Crippen molar-refractivity contribution in [2.24, 2.45) is 5.92 Å². The topological polar surface area (TPSA) is 78.4 Å². The first kappa shape index (κ1) is 17.3. The Balaban J connectivity index is 2.61. The van der Waals surface area contributed by atoms with Crippen molar-refractivity contribution >= 4 is 29.3 Å². The van der Waals surface area contributed by atoms with Gasteiger partial charge in [-0.1, -0.05) is 31.9 Å². The van der Waals surface area contributed by atoms with E-state index in [4.69, 9.17) is 16.7 Å². The number of aromatic carboxylic acids is 1. The molecule has 0 spiro atoms. The van der Waals surface area contributed by atoms with Crippen molar-refractivity contribution in [3.63, 3.8) is 0 Å². The van der Waals surface area contributed by atoms with Crippen LogP contribution in [-0.2, 0) is 0 Å². The largest absolute Gasteiger partial charge is 0.478 e. The Kier molecular flexibility index (Phi) is 6.49. The number of urea groups is 1. The van der Waals surface area contributed by atoms with Gasteiger partial charge in [-0.25, -0.2) is 9.59 Å². The highest BCUT2D eigenvalue weighted by Gasteiger charge is 2.13. The second kappa shape index (κ2) is 7.88. The molecule has 1 aromatic carbocycles. The molecule has 0 aliphatic heterocycles. The zero-order valence-corrected chi connectivity index (χ0v) is 13.2. The summed E-state index contributed by atoms with van der Waals surface area (Å²) in [7, 11) is 0. The van der Waals surface area contributed by atoms with Crippen molar-refractivity contribution in [3.8, 4) is 0 Å². The van der Waals surface area contributed by atoms with Gasteiger partial charge in [0.1, 0.15) is 0 Å².